The van der Waals surface area contributed by atoms with Gasteiger partial charge in [0.2, 0.25) is 5.91 Å². The van der Waals surface area contributed by atoms with E-state index in [2.05, 4.69) is 41.7 Å². The van der Waals surface area contributed by atoms with Gasteiger partial charge in [-0.25, -0.2) is 0 Å². The van der Waals surface area contributed by atoms with Crippen molar-refractivity contribution in [2.45, 2.75) is 32.3 Å². The highest BCUT2D eigenvalue weighted by atomic mass is 16.5. The number of rotatable bonds is 3. The molecule has 1 atom stereocenters. The maximum absolute atomic E-state index is 12.4. The minimum atomic E-state index is 0.0454. The van der Waals surface area contributed by atoms with E-state index in [9.17, 15) is 4.79 Å². The van der Waals surface area contributed by atoms with Gasteiger partial charge in [-0.2, -0.15) is 0 Å². The summed E-state index contributed by atoms with van der Waals surface area (Å²) in [5.74, 6) is 0.953. The smallest absolute Gasteiger partial charge is 0.225 e. The highest BCUT2D eigenvalue weighted by Crippen LogP contribution is 2.41. The lowest BCUT2D eigenvalue weighted by Gasteiger charge is -2.27. The number of anilines is 1. The van der Waals surface area contributed by atoms with Crippen LogP contribution in [0.15, 0.2) is 60.7 Å². The van der Waals surface area contributed by atoms with Crippen molar-refractivity contribution in [3.05, 3.63) is 71.8 Å². The number of hydrogen-bond acceptors (Lipinski definition) is 2. The summed E-state index contributed by atoms with van der Waals surface area (Å²) >= 11 is 0. The van der Waals surface area contributed by atoms with Crippen LogP contribution in [0.2, 0.25) is 0 Å². The fourth-order valence-electron chi connectivity index (χ4n) is 3.58. The Morgan fingerprint density at radius 1 is 1.04 bits per heavy atom. The lowest BCUT2D eigenvalue weighted by atomic mass is 9.83. The molecule has 1 N–H and O–H groups in total. The zero-order chi connectivity index (χ0) is 17.4. The Hall–Kier alpha value is -2.81. The van der Waals surface area contributed by atoms with E-state index in [1.54, 1.807) is 0 Å². The molecule has 3 nitrogen and oxygen atoms in total. The van der Waals surface area contributed by atoms with Crippen molar-refractivity contribution in [2.75, 3.05) is 5.32 Å². The third kappa shape index (κ3) is 2.98. The van der Waals surface area contributed by atoms with Crippen LogP contribution in [-0.2, 0) is 4.79 Å². The van der Waals surface area contributed by atoms with E-state index in [-0.39, 0.29) is 17.9 Å². The molecule has 0 aliphatic carbocycles. The van der Waals surface area contributed by atoms with Crippen LogP contribution >= 0.6 is 0 Å². The molecule has 126 valence electrons. The minimum absolute atomic E-state index is 0.0454. The molecule has 0 aromatic heterocycles. The Labute approximate surface area is 147 Å². The molecule has 4 rings (SSSR count). The van der Waals surface area contributed by atoms with Crippen molar-refractivity contribution >= 4 is 22.4 Å². The number of ether oxygens (including phenoxy) is 1. The Kier molecular flexibility index (Phi) is 3.92. The lowest BCUT2D eigenvalue weighted by Crippen LogP contribution is -2.23. The van der Waals surface area contributed by atoms with Crippen molar-refractivity contribution in [2.24, 2.45) is 0 Å². The van der Waals surface area contributed by atoms with Gasteiger partial charge in [0.25, 0.3) is 0 Å². The summed E-state index contributed by atoms with van der Waals surface area (Å²) in [5, 5.41) is 5.31. The molecule has 1 aliphatic heterocycles. The zero-order valence-corrected chi connectivity index (χ0v) is 14.5. The van der Waals surface area contributed by atoms with Crippen LogP contribution in [0.25, 0.3) is 10.8 Å². The molecule has 0 spiro atoms. The van der Waals surface area contributed by atoms with E-state index < -0.39 is 0 Å². The van der Waals surface area contributed by atoms with Gasteiger partial charge in [-0.05, 0) is 42.5 Å². The van der Waals surface area contributed by atoms with Gasteiger partial charge in [-0.3, -0.25) is 4.79 Å². The molecule has 1 aliphatic rings. The highest BCUT2D eigenvalue weighted by Gasteiger charge is 2.28. The third-order valence-electron chi connectivity index (χ3n) is 4.62. The molecule has 0 bridgehead atoms. The fraction of sp³-hybridized carbons (Fsp3) is 0.227. The predicted molar refractivity (Wildman–Crippen MR) is 101 cm³/mol. The first-order valence-electron chi connectivity index (χ1n) is 8.70. The zero-order valence-electron chi connectivity index (χ0n) is 14.5. The summed E-state index contributed by atoms with van der Waals surface area (Å²) in [5.41, 5.74) is 3.22. The lowest BCUT2D eigenvalue weighted by molar-refractivity contribution is -0.116. The number of nitrogens with one attached hydrogen (secondary N) is 1. The quantitative estimate of drug-likeness (QED) is 0.725. The molecule has 0 saturated heterocycles. The third-order valence-corrected chi connectivity index (χ3v) is 4.62. The molecular formula is C22H21NO2. The number of hydrogen-bond donors (Lipinski definition) is 1. The number of carbonyl (C=O) groups is 1. The molecule has 1 heterocycles. The van der Waals surface area contributed by atoms with Crippen molar-refractivity contribution in [3.63, 3.8) is 0 Å². The van der Waals surface area contributed by atoms with Crippen molar-refractivity contribution < 1.29 is 9.53 Å². The van der Waals surface area contributed by atoms with E-state index >= 15 is 0 Å². The minimum Gasteiger partial charge on any atom is -0.491 e. The normalized spacial score (nSPS) is 16.6. The van der Waals surface area contributed by atoms with Gasteiger partial charge in [-0.15, -0.1) is 0 Å². The second kappa shape index (κ2) is 6.25. The molecule has 0 radical (unpaired) electrons. The Balaban J connectivity index is 1.83. The van der Waals surface area contributed by atoms with E-state index in [0.717, 1.165) is 27.8 Å². The van der Waals surface area contributed by atoms with Gasteiger partial charge in [0.15, 0.2) is 0 Å². The average molecular weight is 331 g/mol. The number of carbonyl (C=O) groups excluding carboxylic acids is 1. The predicted octanol–water partition coefficient (Wildman–Crippen LogP) is 5.10. The molecule has 0 saturated carbocycles. The number of fused-ring (bicyclic) bond motifs is 3. The van der Waals surface area contributed by atoms with Gasteiger partial charge >= 0.3 is 0 Å². The molecule has 25 heavy (non-hydrogen) atoms. The Bertz CT molecular complexity index is 946. The van der Waals surface area contributed by atoms with E-state index in [4.69, 9.17) is 4.74 Å². The summed E-state index contributed by atoms with van der Waals surface area (Å²) in [6.45, 7) is 4.03. The molecule has 3 aromatic carbocycles. The van der Waals surface area contributed by atoms with Crippen LogP contribution in [-0.4, -0.2) is 12.0 Å². The second-order valence-electron chi connectivity index (χ2n) is 6.79. The van der Waals surface area contributed by atoms with Crippen LogP contribution in [0.5, 0.6) is 5.75 Å². The van der Waals surface area contributed by atoms with Gasteiger partial charge in [0.1, 0.15) is 5.75 Å². The van der Waals surface area contributed by atoms with Gasteiger partial charge < -0.3 is 10.1 Å². The van der Waals surface area contributed by atoms with Crippen molar-refractivity contribution in [1.29, 1.82) is 0 Å². The van der Waals surface area contributed by atoms with Crippen LogP contribution in [0.1, 0.15) is 37.3 Å². The van der Waals surface area contributed by atoms with Crippen molar-refractivity contribution in [1.82, 2.24) is 0 Å². The number of amides is 1. The van der Waals surface area contributed by atoms with E-state index in [0.29, 0.717) is 6.42 Å². The molecule has 1 amide bonds. The standard InChI is InChI=1S/C22H21NO2/c1-14(2)25-17-8-5-7-16(12-17)20-13-21(24)23-22-18-9-4-3-6-15(18)10-11-19(20)22/h3-12,14,20H,13H2,1-2H3,(H,23,24)/t20-/m0/s1. The maximum Gasteiger partial charge on any atom is 0.225 e. The molecule has 3 aromatic rings. The fourth-order valence-corrected chi connectivity index (χ4v) is 3.58. The van der Waals surface area contributed by atoms with Crippen molar-refractivity contribution in [3.8, 4) is 5.75 Å². The Morgan fingerprint density at radius 3 is 2.72 bits per heavy atom. The molecule has 0 fully saturated rings. The second-order valence-corrected chi connectivity index (χ2v) is 6.79. The van der Waals surface area contributed by atoms with Gasteiger partial charge in [0.05, 0.1) is 11.8 Å². The summed E-state index contributed by atoms with van der Waals surface area (Å²) in [4.78, 5) is 12.4. The SMILES string of the molecule is CC(C)Oc1cccc([C@@H]2CC(=O)Nc3c2ccc2ccccc32)c1. The summed E-state index contributed by atoms with van der Waals surface area (Å²) < 4.78 is 5.83. The monoisotopic (exact) mass is 331 g/mol. The van der Waals surface area contributed by atoms with E-state index in [1.807, 2.05) is 38.1 Å². The average Bonchev–Trinajstić information content (AvgIpc) is 2.60. The first kappa shape index (κ1) is 15.7. The molecule has 0 unspecified atom stereocenters. The summed E-state index contributed by atoms with van der Waals surface area (Å²) in [7, 11) is 0. The van der Waals surface area contributed by atoms with Crippen LogP contribution in [0.3, 0.4) is 0 Å². The first-order valence-corrected chi connectivity index (χ1v) is 8.70. The topological polar surface area (TPSA) is 38.3 Å². The molecular weight excluding hydrogens is 310 g/mol. The summed E-state index contributed by atoms with van der Waals surface area (Å²) in [6, 6.07) is 20.5. The highest BCUT2D eigenvalue weighted by molar-refractivity contribution is 6.06. The van der Waals surface area contributed by atoms with Gasteiger partial charge in [-0.1, -0.05) is 48.5 Å². The molecule has 3 heteroatoms. The first-order chi connectivity index (χ1) is 12.1. The summed E-state index contributed by atoms with van der Waals surface area (Å²) in [6.07, 6.45) is 0.581. The van der Waals surface area contributed by atoms with E-state index in [1.165, 1.54) is 5.56 Å². The largest absolute Gasteiger partial charge is 0.491 e. The number of benzene rings is 3. The maximum atomic E-state index is 12.4. The Morgan fingerprint density at radius 2 is 1.88 bits per heavy atom. The van der Waals surface area contributed by atoms with Crippen LogP contribution in [0, 0.1) is 0 Å². The van der Waals surface area contributed by atoms with Gasteiger partial charge in [0, 0.05) is 17.7 Å². The van der Waals surface area contributed by atoms with Crippen LogP contribution < -0.4 is 10.1 Å². The van der Waals surface area contributed by atoms with Crippen LogP contribution in [0.4, 0.5) is 5.69 Å².